The molecule has 3 aromatic carbocycles. The standard InChI is InChI=1S/C44H50F2N8O4.C2H4O.CH4O/c1-26-30(12-8-14-34(26)50-43-41-36(51-44(52-43)42(45)46)18-27(21-48-41)24-53(2)28-10-6-5-7-11-28)31-13-9-15-37-32(31)23-49-54(37)29-19-39(56-3)33(40(20-29)57-4)22-47-35-16-17-58-25-38(35)55;1-2-3;1-2/h8-9,12-15,18-21,23,28,35,38,42,47,55H,5-7,10-11,16-17,22,24-25H2,1-4H3,(H,50,51,52);2H,1H3;2H,1H3. The van der Waals surface area contributed by atoms with Gasteiger partial charge in [0.25, 0.3) is 6.43 Å². The lowest BCUT2D eigenvalue weighted by atomic mass is 9.94. The number of halogens is 2. The van der Waals surface area contributed by atoms with Gasteiger partial charge in [0.15, 0.2) is 11.6 Å². The van der Waals surface area contributed by atoms with Gasteiger partial charge in [-0.3, -0.25) is 9.88 Å². The van der Waals surface area contributed by atoms with Gasteiger partial charge >= 0.3 is 0 Å². The number of hydrogen-bond acceptors (Lipinski definition) is 13. The Morgan fingerprint density at radius 1 is 0.984 bits per heavy atom. The molecule has 3 aromatic heterocycles. The van der Waals surface area contributed by atoms with Crippen molar-refractivity contribution in [1.29, 1.82) is 0 Å². The molecule has 1 aliphatic carbocycles. The fraction of sp³-hybridized carbons (Fsp3) is 0.426. The molecule has 6 aromatic rings. The number of anilines is 2. The van der Waals surface area contributed by atoms with E-state index in [9.17, 15) is 13.9 Å². The molecule has 4 N–H and O–H groups in total. The van der Waals surface area contributed by atoms with Gasteiger partial charge in [-0.2, -0.15) is 5.10 Å². The first-order valence-electron chi connectivity index (χ1n) is 21.2. The molecular formula is C47H58F2N8O6. The molecule has 0 spiro atoms. The zero-order valence-corrected chi connectivity index (χ0v) is 36.8. The maximum atomic E-state index is 14.2. The van der Waals surface area contributed by atoms with Gasteiger partial charge in [0.2, 0.25) is 0 Å². The van der Waals surface area contributed by atoms with E-state index >= 15 is 0 Å². The summed E-state index contributed by atoms with van der Waals surface area (Å²) in [5.74, 6) is 0.936. The third-order valence-corrected chi connectivity index (χ3v) is 11.6. The molecule has 14 nitrogen and oxygen atoms in total. The van der Waals surface area contributed by atoms with Crippen molar-refractivity contribution in [2.24, 2.45) is 0 Å². The molecule has 2 atom stereocenters. The van der Waals surface area contributed by atoms with Crippen molar-refractivity contribution >= 4 is 39.7 Å². The largest absolute Gasteiger partial charge is 0.496 e. The molecule has 16 heteroatoms. The van der Waals surface area contributed by atoms with Gasteiger partial charge < -0.3 is 39.9 Å². The third kappa shape index (κ3) is 10.8. The van der Waals surface area contributed by atoms with E-state index in [1.165, 1.54) is 39.0 Å². The van der Waals surface area contributed by atoms with Crippen LogP contribution in [0.4, 0.5) is 20.3 Å². The number of carbonyl (C=O) groups excluding carboxylic acids is 1. The summed E-state index contributed by atoms with van der Waals surface area (Å²) >= 11 is 0. The summed E-state index contributed by atoms with van der Waals surface area (Å²) in [7, 11) is 6.36. The van der Waals surface area contributed by atoms with Crippen molar-refractivity contribution in [3.05, 3.63) is 89.5 Å². The Balaban J connectivity index is 0.00000127. The highest BCUT2D eigenvalue weighted by Gasteiger charge is 2.25. The molecule has 1 saturated carbocycles. The first kappa shape index (κ1) is 46.8. The first-order chi connectivity index (χ1) is 30.6. The van der Waals surface area contributed by atoms with Crippen LogP contribution in [0, 0.1) is 6.92 Å². The predicted octanol–water partition coefficient (Wildman–Crippen LogP) is 7.86. The average Bonchev–Trinajstić information content (AvgIpc) is 3.75. The van der Waals surface area contributed by atoms with E-state index in [4.69, 9.17) is 34.2 Å². The lowest BCUT2D eigenvalue weighted by molar-refractivity contribution is -0.106. The van der Waals surface area contributed by atoms with Crippen LogP contribution in [0.3, 0.4) is 0 Å². The van der Waals surface area contributed by atoms with Crippen LogP contribution in [0.25, 0.3) is 38.8 Å². The number of carbonyl (C=O) groups is 1. The lowest BCUT2D eigenvalue weighted by Crippen LogP contribution is -2.46. The Hall–Kier alpha value is -5.65. The number of aliphatic hydroxyl groups excluding tert-OH is 2. The molecule has 63 heavy (non-hydrogen) atoms. The molecule has 2 unspecified atom stereocenters. The van der Waals surface area contributed by atoms with Gasteiger partial charge in [-0.1, -0.05) is 43.5 Å². The van der Waals surface area contributed by atoms with Crippen molar-refractivity contribution in [2.45, 2.75) is 90.1 Å². The van der Waals surface area contributed by atoms with Crippen molar-refractivity contribution < 1.29 is 38.0 Å². The van der Waals surface area contributed by atoms with Gasteiger partial charge in [-0.25, -0.2) is 23.4 Å². The molecule has 4 heterocycles. The van der Waals surface area contributed by atoms with Gasteiger partial charge in [-0.15, -0.1) is 0 Å². The topological polar surface area (TPSA) is 169 Å². The number of aliphatic hydroxyl groups is 2. The van der Waals surface area contributed by atoms with E-state index in [1.54, 1.807) is 20.4 Å². The summed E-state index contributed by atoms with van der Waals surface area (Å²) in [4.78, 5) is 24.4. The maximum absolute atomic E-state index is 14.2. The Kier molecular flexibility index (Phi) is 16.4. The number of nitrogens with one attached hydrogen (secondary N) is 2. The molecule has 2 fully saturated rings. The Bertz CT molecular complexity index is 2440. The number of rotatable bonds is 13. The van der Waals surface area contributed by atoms with Crippen LogP contribution in [0.5, 0.6) is 11.5 Å². The molecule has 336 valence electrons. The highest BCUT2D eigenvalue weighted by atomic mass is 19.3. The molecule has 0 bridgehead atoms. The first-order valence-corrected chi connectivity index (χ1v) is 21.2. The predicted molar refractivity (Wildman–Crippen MR) is 240 cm³/mol. The number of fused-ring (bicyclic) bond motifs is 2. The molecule has 0 amide bonds. The monoisotopic (exact) mass is 868 g/mol. The second-order valence-corrected chi connectivity index (χ2v) is 15.5. The molecule has 2 aliphatic rings. The van der Waals surface area contributed by atoms with Crippen molar-refractivity contribution in [3.63, 3.8) is 0 Å². The zero-order chi connectivity index (χ0) is 45.0. The molecule has 1 saturated heterocycles. The molecule has 0 radical (unpaired) electrons. The maximum Gasteiger partial charge on any atom is 0.297 e. The summed E-state index contributed by atoms with van der Waals surface area (Å²) in [6.07, 6.45) is 7.73. The number of alkyl halides is 2. The van der Waals surface area contributed by atoms with Gasteiger partial charge in [0.05, 0.1) is 55.4 Å². The summed E-state index contributed by atoms with van der Waals surface area (Å²) in [5, 5.41) is 29.9. The van der Waals surface area contributed by atoms with Crippen LogP contribution in [-0.2, 0) is 22.6 Å². The normalized spacial score (nSPS) is 16.6. The summed E-state index contributed by atoms with van der Waals surface area (Å²) in [6.45, 7) is 5.44. The van der Waals surface area contributed by atoms with Crippen LogP contribution in [0.1, 0.15) is 74.4 Å². The SMILES string of the molecule is CC=O.CO.COc1cc(-n2ncc3c(-c4cccc(Nc5nc(C(F)F)nc6cc(CN(C)C7CCCCC7)cnc56)c4C)cccc32)cc(OC)c1CNC1CCOCC1O. The van der Waals surface area contributed by atoms with Crippen LogP contribution in [0.15, 0.2) is 67.0 Å². The molecular weight excluding hydrogens is 811 g/mol. The third-order valence-electron chi connectivity index (χ3n) is 11.6. The number of pyridine rings is 1. The number of hydrogen-bond donors (Lipinski definition) is 4. The van der Waals surface area contributed by atoms with Crippen LogP contribution < -0.4 is 20.1 Å². The van der Waals surface area contributed by atoms with Gasteiger partial charge in [0, 0.05) is 68.3 Å². The van der Waals surface area contributed by atoms with E-state index < -0.39 is 18.4 Å². The zero-order valence-electron chi connectivity index (χ0n) is 36.8. The average molecular weight is 869 g/mol. The highest BCUT2D eigenvalue weighted by Crippen LogP contribution is 2.38. The quantitative estimate of drug-likeness (QED) is 0.0829. The number of methoxy groups -OCH3 is 2. The van der Waals surface area contributed by atoms with Crippen molar-refractivity contribution in [2.75, 3.05) is 46.9 Å². The minimum Gasteiger partial charge on any atom is -0.496 e. The number of aldehydes is 1. The lowest BCUT2D eigenvalue weighted by Gasteiger charge is -2.31. The van der Waals surface area contributed by atoms with Crippen molar-refractivity contribution in [3.8, 4) is 28.3 Å². The summed E-state index contributed by atoms with van der Waals surface area (Å²) in [6, 6.07) is 18.0. The van der Waals surface area contributed by atoms with Crippen molar-refractivity contribution in [1.82, 2.24) is 34.9 Å². The Morgan fingerprint density at radius 2 is 1.68 bits per heavy atom. The van der Waals surface area contributed by atoms with Gasteiger partial charge in [0.1, 0.15) is 23.3 Å². The molecule has 8 rings (SSSR count). The van der Waals surface area contributed by atoms with E-state index in [0.717, 1.165) is 57.8 Å². The summed E-state index contributed by atoms with van der Waals surface area (Å²) < 4.78 is 47.4. The van der Waals surface area contributed by atoms with Crippen LogP contribution in [0.2, 0.25) is 0 Å². The number of nitrogens with zero attached hydrogens (tertiary/aromatic N) is 6. The summed E-state index contributed by atoms with van der Waals surface area (Å²) in [5.41, 5.74) is 7.68. The smallest absolute Gasteiger partial charge is 0.297 e. The number of aromatic nitrogens is 5. The second kappa shape index (κ2) is 22.1. The van der Waals surface area contributed by atoms with E-state index in [1.807, 2.05) is 72.4 Å². The number of benzene rings is 3. The fourth-order valence-electron chi connectivity index (χ4n) is 8.43. The minimum absolute atomic E-state index is 0.100. The molecule has 1 aliphatic heterocycles. The van der Waals surface area contributed by atoms with E-state index in [2.05, 4.69) is 32.5 Å². The van der Waals surface area contributed by atoms with Crippen LogP contribution >= 0.6 is 0 Å². The van der Waals surface area contributed by atoms with Gasteiger partial charge in [-0.05, 0) is 80.6 Å². The minimum atomic E-state index is -2.85. The Labute approximate surface area is 366 Å². The van der Waals surface area contributed by atoms with E-state index in [0.29, 0.717) is 67.0 Å². The van der Waals surface area contributed by atoms with Crippen LogP contribution in [-0.4, -0.2) is 106 Å². The second-order valence-electron chi connectivity index (χ2n) is 15.5. The van der Waals surface area contributed by atoms with E-state index in [-0.39, 0.29) is 11.9 Å². The Morgan fingerprint density at radius 3 is 2.37 bits per heavy atom. The highest BCUT2D eigenvalue weighted by molar-refractivity contribution is 5.97. The number of ether oxygens (including phenoxy) is 3. The fourth-order valence-corrected chi connectivity index (χ4v) is 8.43.